The molecule has 1 aliphatic carbocycles. The Labute approximate surface area is 135 Å². The number of benzene rings is 1. The van der Waals surface area contributed by atoms with Gasteiger partial charge < -0.3 is 5.32 Å². The molecule has 3 unspecified atom stereocenters. The molecule has 3 atom stereocenters. The third kappa shape index (κ3) is 4.72. The van der Waals surface area contributed by atoms with Crippen LogP contribution in [0.15, 0.2) is 24.3 Å². The van der Waals surface area contributed by atoms with Crippen LogP contribution in [-0.2, 0) is 0 Å². The predicted octanol–water partition coefficient (Wildman–Crippen LogP) is 5.50. The minimum Gasteiger partial charge on any atom is -0.316 e. The maximum absolute atomic E-state index is 6.22. The molecule has 1 aliphatic rings. The topological polar surface area (TPSA) is 12.0 Å². The van der Waals surface area contributed by atoms with Crippen LogP contribution >= 0.6 is 11.6 Å². The molecule has 0 aliphatic heterocycles. The van der Waals surface area contributed by atoms with Gasteiger partial charge in [-0.05, 0) is 80.1 Å². The highest BCUT2D eigenvalue weighted by Crippen LogP contribution is 2.43. The summed E-state index contributed by atoms with van der Waals surface area (Å²) in [5.41, 5.74) is 1.44. The van der Waals surface area contributed by atoms with E-state index in [1.165, 1.54) is 31.2 Å². The number of halogens is 1. The van der Waals surface area contributed by atoms with Gasteiger partial charge in [-0.3, -0.25) is 0 Å². The first-order valence-electron chi connectivity index (χ1n) is 8.58. The fourth-order valence-corrected chi connectivity index (χ4v) is 3.92. The van der Waals surface area contributed by atoms with Crippen molar-refractivity contribution in [3.63, 3.8) is 0 Å². The van der Waals surface area contributed by atoms with E-state index in [2.05, 4.69) is 44.3 Å². The van der Waals surface area contributed by atoms with E-state index in [1.807, 2.05) is 6.07 Å². The zero-order chi connectivity index (χ0) is 15.2. The molecule has 1 nitrogen and oxygen atoms in total. The summed E-state index contributed by atoms with van der Waals surface area (Å²) in [6.45, 7) is 9.25. The Morgan fingerprint density at radius 1 is 1.29 bits per heavy atom. The van der Waals surface area contributed by atoms with Crippen LogP contribution in [0.3, 0.4) is 0 Å². The average molecular weight is 308 g/mol. The molecule has 21 heavy (non-hydrogen) atoms. The first-order chi connectivity index (χ1) is 10.1. The first kappa shape index (κ1) is 16.8. The van der Waals surface area contributed by atoms with Gasteiger partial charge in [-0.25, -0.2) is 0 Å². The fraction of sp³-hybridized carbons (Fsp3) is 0.684. The number of rotatable bonds is 6. The van der Waals surface area contributed by atoms with E-state index >= 15 is 0 Å². The van der Waals surface area contributed by atoms with Gasteiger partial charge in [0.15, 0.2) is 0 Å². The molecule has 1 saturated carbocycles. The van der Waals surface area contributed by atoms with Crippen LogP contribution in [0.5, 0.6) is 0 Å². The van der Waals surface area contributed by atoms with E-state index in [1.54, 1.807) is 0 Å². The quantitative estimate of drug-likeness (QED) is 0.685. The van der Waals surface area contributed by atoms with E-state index in [4.69, 9.17) is 11.6 Å². The highest BCUT2D eigenvalue weighted by atomic mass is 35.5. The van der Waals surface area contributed by atoms with Crippen LogP contribution in [0.25, 0.3) is 0 Å². The van der Waals surface area contributed by atoms with Gasteiger partial charge in [-0.15, -0.1) is 0 Å². The van der Waals surface area contributed by atoms with Crippen molar-refractivity contribution < 1.29 is 0 Å². The third-order valence-corrected chi connectivity index (χ3v) is 5.32. The number of nitrogens with one attached hydrogen (secondary N) is 1. The summed E-state index contributed by atoms with van der Waals surface area (Å²) in [5, 5.41) is 4.50. The van der Waals surface area contributed by atoms with Crippen molar-refractivity contribution >= 4 is 11.6 Å². The molecule has 0 radical (unpaired) electrons. The van der Waals surface area contributed by atoms with Crippen molar-refractivity contribution in [1.82, 2.24) is 5.32 Å². The van der Waals surface area contributed by atoms with Crippen LogP contribution in [0, 0.1) is 17.8 Å². The Hall–Kier alpha value is -0.530. The second-order valence-electron chi connectivity index (χ2n) is 6.94. The standard InChI is InChI=1S/C19H30ClN/c1-4-10-21-13-17-9-8-15(14(2)3)12-19(17)16-6-5-7-18(20)11-16/h5-7,11,14-15,17,19,21H,4,8-10,12-13H2,1-3H3. The second kappa shape index (κ2) is 8.19. The lowest BCUT2D eigenvalue weighted by Gasteiger charge is -2.38. The monoisotopic (exact) mass is 307 g/mol. The minimum absolute atomic E-state index is 0.661. The van der Waals surface area contributed by atoms with E-state index in [0.717, 1.165) is 35.9 Å². The molecule has 0 bridgehead atoms. The maximum Gasteiger partial charge on any atom is 0.0408 e. The second-order valence-corrected chi connectivity index (χ2v) is 7.38. The Kier molecular flexibility index (Phi) is 6.57. The van der Waals surface area contributed by atoms with Gasteiger partial charge in [-0.2, -0.15) is 0 Å². The molecule has 2 heteroatoms. The average Bonchev–Trinajstić information content (AvgIpc) is 2.47. The zero-order valence-corrected chi connectivity index (χ0v) is 14.5. The lowest BCUT2D eigenvalue weighted by atomic mass is 9.68. The molecular weight excluding hydrogens is 278 g/mol. The summed E-state index contributed by atoms with van der Waals surface area (Å²) in [6.07, 6.45) is 5.25. The lowest BCUT2D eigenvalue weighted by molar-refractivity contribution is 0.190. The maximum atomic E-state index is 6.22. The van der Waals surface area contributed by atoms with E-state index in [-0.39, 0.29) is 0 Å². The van der Waals surface area contributed by atoms with E-state index in [9.17, 15) is 0 Å². The molecule has 1 N–H and O–H groups in total. The molecule has 0 amide bonds. The molecule has 0 aromatic heterocycles. The van der Waals surface area contributed by atoms with Gasteiger partial charge in [0.05, 0.1) is 0 Å². The van der Waals surface area contributed by atoms with Gasteiger partial charge in [0.2, 0.25) is 0 Å². The van der Waals surface area contributed by atoms with Crippen molar-refractivity contribution in [3.8, 4) is 0 Å². The number of hydrogen-bond acceptors (Lipinski definition) is 1. The van der Waals surface area contributed by atoms with Gasteiger partial charge in [0.1, 0.15) is 0 Å². The molecule has 1 aromatic rings. The largest absolute Gasteiger partial charge is 0.316 e. The lowest BCUT2D eigenvalue weighted by Crippen LogP contribution is -2.33. The van der Waals surface area contributed by atoms with Crippen molar-refractivity contribution in [2.45, 2.75) is 52.4 Å². The first-order valence-corrected chi connectivity index (χ1v) is 8.95. The van der Waals surface area contributed by atoms with E-state index in [0.29, 0.717) is 5.92 Å². The van der Waals surface area contributed by atoms with Crippen molar-refractivity contribution in [1.29, 1.82) is 0 Å². The smallest absolute Gasteiger partial charge is 0.0408 e. The van der Waals surface area contributed by atoms with E-state index < -0.39 is 0 Å². The van der Waals surface area contributed by atoms with Gasteiger partial charge in [0.25, 0.3) is 0 Å². The SMILES string of the molecule is CCCNCC1CCC(C(C)C)CC1c1cccc(Cl)c1. The predicted molar refractivity (Wildman–Crippen MR) is 93.0 cm³/mol. The highest BCUT2D eigenvalue weighted by molar-refractivity contribution is 6.30. The van der Waals surface area contributed by atoms with Crippen LogP contribution in [-0.4, -0.2) is 13.1 Å². The number of hydrogen-bond donors (Lipinski definition) is 1. The summed E-state index contributed by atoms with van der Waals surface area (Å²) in [7, 11) is 0. The summed E-state index contributed by atoms with van der Waals surface area (Å²) in [5.74, 6) is 3.06. The van der Waals surface area contributed by atoms with Gasteiger partial charge in [0, 0.05) is 5.02 Å². The van der Waals surface area contributed by atoms with Crippen LogP contribution in [0.2, 0.25) is 5.02 Å². The van der Waals surface area contributed by atoms with Gasteiger partial charge >= 0.3 is 0 Å². The van der Waals surface area contributed by atoms with Crippen LogP contribution in [0.1, 0.15) is 57.9 Å². The van der Waals surface area contributed by atoms with Crippen molar-refractivity contribution in [3.05, 3.63) is 34.9 Å². The molecule has 1 fully saturated rings. The van der Waals surface area contributed by atoms with Gasteiger partial charge in [-0.1, -0.05) is 44.5 Å². The molecule has 0 saturated heterocycles. The molecule has 0 heterocycles. The minimum atomic E-state index is 0.661. The molecule has 2 rings (SSSR count). The van der Waals surface area contributed by atoms with Crippen LogP contribution in [0.4, 0.5) is 0 Å². The summed E-state index contributed by atoms with van der Waals surface area (Å²) in [6, 6.07) is 8.54. The zero-order valence-electron chi connectivity index (χ0n) is 13.7. The Morgan fingerprint density at radius 3 is 2.76 bits per heavy atom. The van der Waals surface area contributed by atoms with Crippen molar-refractivity contribution in [2.75, 3.05) is 13.1 Å². The highest BCUT2D eigenvalue weighted by Gasteiger charge is 2.32. The van der Waals surface area contributed by atoms with Crippen LogP contribution < -0.4 is 5.32 Å². The third-order valence-electron chi connectivity index (χ3n) is 5.09. The normalized spacial score (nSPS) is 26.2. The molecular formula is C19H30ClN. The molecule has 118 valence electrons. The Bertz CT molecular complexity index is 429. The Balaban J connectivity index is 2.11. The molecule has 1 aromatic carbocycles. The summed E-state index contributed by atoms with van der Waals surface area (Å²) in [4.78, 5) is 0. The Morgan fingerprint density at radius 2 is 2.10 bits per heavy atom. The summed E-state index contributed by atoms with van der Waals surface area (Å²) >= 11 is 6.22. The summed E-state index contributed by atoms with van der Waals surface area (Å²) < 4.78 is 0. The fourth-order valence-electron chi connectivity index (χ4n) is 3.73. The molecule has 0 spiro atoms. The van der Waals surface area contributed by atoms with Crippen molar-refractivity contribution in [2.24, 2.45) is 17.8 Å².